The highest BCUT2D eigenvalue weighted by molar-refractivity contribution is 7.20. The number of nitro groups is 1. The van der Waals surface area contributed by atoms with E-state index in [1.165, 1.54) is 56.2 Å². The van der Waals surface area contributed by atoms with Crippen molar-refractivity contribution in [2.45, 2.75) is 37.3 Å². The van der Waals surface area contributed by atoms with Gasteiger partial charge in [0.05, 0.1) is 15.8 Å². The molecule has 0 radical (unpaired) electrons. The zero-order valence-electron chi connectivity index (χ0n) is 13.7. The van der Waals surface area contributed by atoms with Crippen LogP contribution in [0.2, 0.25) is 0 Å². The number of nitrogens with one attached hydrogen (secondary N) is 1. The van der Waals surface area contributed by atoms with E-state index in [0.29, 0.717) is 10.8 Å². The molecular weight excluding hydrogens is 338 g/mol. The first-order chi connectivity index (χ1) is 12.1. The van der Waals surface area contributed by atoms with Gasteiger partial charge in [-0.3, -0.25) is 19.8 Å². The van der Waals surface area contributed by atoms with E-state index in [4.69, 9.17) is 0 Å². The maximum absolute atomic E-state index is 12.8. The van der Waals surface area contributed by atoms with Gasteiger partial charge < -0.3 is 5.32 Å². The molecule has 0 unspecified atom stereocenters. The Morgan fingerprint density at radius 2 is 2.04 bits per heavy atom. The van der Waals surface area contributed by atoms with Crippen LogP contribution in [-0.4, -0.2) is 40.4 Å². The molecule has 7 heteroatoms. The van der Waals surface area contributed by atoms with Gasteiger partial charge in [0.1, 0.15) is 0 Å². The number of hydrogen-bond acceptors (Lipinski definition) is 5. The number of rotatable bonds is 3. The SMILES string of the molecule is O=C(N[C@@H]1C2CCN(CC2)C12CC2)c1cc2ccc([N+](=O)[O-])cc2s1. The molecule has 130 valence electrons. The lowest BCUT2D eigenvalue weighted by atomic mass is 9.77. The predicted octanol–water partition coefficient (Wildman–Crippen LogP) is 3.17. The Hall–Kier alpha value is -1.99. The lowest BCUT2D eigenvalue weighted by molar-refractivity contribution is -0.384. The van der Waals surface area contributed by atoms with Crippen LogP contribution in [0, 0.1) is 16.0 Å². The molecule has 4 heterocycles. The number of hydrogen-bond donors (Lipinski definition) is 1. The molecular formula is C18H19N3O3S. The number of carbonyl (C=O) groups is 1. The van der Waals surface area contributed by atoms with Gasteiger partial charge in [-0.1, -0.05) is 0 Å². The fourth-order valence-corrected chi connectivity index (χ4v) is 5.78. The summed E-state index contributed by atoms with van der Waals surface area (Å²) in [5, 5.41) is 15.1. The monoisotopic (exact) mass is 357 g/mol. The molecule has 1 saturated carbocycles. The number of benzene rings is 1. The average molecular weight is 357 g/mol. The molecule has 1 aliphatic carbocycles. The number of nitro benzene ring substituents is 1. The summed E-state index contributed by atoms with van der Waals surface area (Å²) in [6.45, 7) is 2.34. The highest BCUT2D eigenvalue weighted by Crippen LogP contribution is 2.53. The summed E-state index contributed by atoms with van der Waals surface area (Å²) in [7, 11) is 0. The summed E-state index contributed by atoms with van der Waals surface area (Å²) >= 11 is 1.34. The number of fused-ring (bicyclic) bond motifs is 3. The molecule has 1 N–H and O–H groups in total. The van der Waals surface area contributed by atoms with Crippen molar-refractivity contribution in [1.29, 1.82) is 0 Å². The van der Waals surface area contributed by atoms with Gasteiger partial charge in [0.2, 0.25) is 0 Å². The van der Waals surface area contributed by atoms with E-state index >= 15 is 0 Å². The Morgan fingerprint density at radius 1 is 1.28 bits per heavy atom. The second-order valence-corrected chi connectivity index (χ2v) is 8.55. The largest absolute Gasteiger partial charge is 0.346 e. The van der Waals surface area contributed by atoms with Crippen LogP contribution in [-0.2, 0) is 0 Å². The maximum Gasteiger partial charge on any atom is 0.270 e. The summed E-state index contributed by atoms with van der Waals surface area (Å²) in [5.41, 5.74) is 0.280. The third kappa shape index (κ3) is 2.29. The fraction of sp³-hybridized carbons (Fsp3) is 0.500. The van der Waals surface area contributed by atoms with E-state index in [-0.39, 0.29) is 23.2 Å². The van der Waals surface area contributed by atoms with E-state index in [1.54, 1.807) is 12.1 Å². The molecule has 1 amide bonds. The second kappa shape index (κ2) is 5.25. The molecule has 6 rings (SSSR count). The number of carbonyl (C=O) groups excluding carboxylic acids is 1. The minimum absolute atomic E-state index is 0.0334. The minimum atomic E-state index is -0.400. The fourth-order valence-electron chi connectivity index (χ4n) is 4.78. The van der Waals surface area contributed by atoms with Crippen LogP contribution in [0.3, 0.4) is 0 Å². The Bertz CT molecular complexity index is 881. The Morgan fingerprint density at radius 3 is 2.72 bits per heavy atom. The first-order valence-corrected chi connectivity index (χ1v) is 9.62. The molecule has 1 atom stereocenters. The van der Waals surface area contributed by atoms with Crippen LogP contribution < -0.4 is 5.32 Å². The van der Waals surface area contributed by atoms with E-state index in [1.807, 2.05) is 6.07 Å². The number of nitrogens with zero attached hydrogens (tertiary/aromatic N) is 2. The number of non-ortho nitro benzene ring substituents is 1. The first kappa shape index (κ1) is 15.3. The minimum Gasteiger partial charge on any atom is -0.346 e. The standard InChI is InChI=1S/C18H19N3O3S/c22-17(15-9-12-1-2-13(21(23)24)10-14(12)25-15)19-16-11-3-7-20(8-4-11)18(16)5-6-18/h1-2,9-11,16H,3-8H2,(H,19,22)/t16-/m1/s1. The third-order valence-electron chi connectivity index (χ3n) is 6.21. The molecule has 1 aromatic carbocycles. The van der Waals surface area contributed by atoms with E-state index in [2.05, 4.69) is 10.2 Å². The Labute approximate surface area is 149 Å². The van der Waals surface area contributed by atoms with Gasteiger partial charge in [0.25, 0.3) is 11.6 Å². The van der Waals surface area contributed by atoms with E-state index in [0.717, 1.165) is 10.1 Å². The molecule has 2 aromatic rings. The number of piperidine rings is 3. The summed E-state index contributed by atoms with van der Waals surface area (Å²) < 4.78 is 0.786. The van der Waals surface area contributed by atoms with Crippen molar-refractivity contribution in [2.75, 3.05) is 13.1 Å². The van der Waals surface area contributed by atoms with Crippen LogP contribution in [0.5, 0.6) is 0 Å². The van der Waals surface area contributed by atoms with E-state index < -0.39 is 4.92 Å². The quantitative estimate of drug-likeness (QED) is 0.676. The number of thiophene rings is 1. The zero-order valence-corrected chi connectivity index (χ0v) is 14.6. The maximum atomic E-state index is 12.8. The highest BCUT2D eigenvalue weighted by atomic mass is 32.1. The molecule has 4 aliphatic rings. The zero-order chi connectivity index (χ0) is 17.2. The van der Waals surface area contributed by atoms with Crippen molar-refractivity contribution in [2.24, 2.45) is 5.92 Å². The van der Waals surface area contributed by atoms with Crippen molar-refractivity contribution in [1.82, 2.24) is 10.2 Å². The van der Waals surface area contributed by atoms with Crippen molar-refractivity contribution in [3.63, 3.8) is 0 Å². The topological polar surface area (TPSA) is 75.5 Å². The molecule has 1 aromatic heterocycles. The summed E-state index contributed by atoms with van der Waals surface area (Å²) in [5.74, 6) is 0.556. The van der Waals surface area contributed by atoms with Crippen molar-refractivity contribution in [3.8, 4) is 0 Å². The first-order valence-electron chi connectivity index (χ1n) is 8.81. The van der Waals surface area contributed by atoms with Gasteiger partial charge in [0.15, 0.2) is 0 Å². The molecule has 1 spiro atoms. The van der Waals surface area contributed by atoms with Crippen molar-refractivity contribution in [3.05, 3.63) is 39.3 Å². The highest BCUT2D eigenvalue weighted by Gasteiger charge is 2.60. The van der Waals surface area contributed by atoms with Gasteiger partial charge in [0, 0.05) is 22.4 Å². The van der Waals surface area contributed by atoms with E-state index in [9.17, 15) is 14.9 Å². The number of amides is 1. The van der Waals surface area contributed by atoms with Crippen LogP contribution >= 0.6 is 11.3 Å². The Kier molecular flexibility index (Phi) is 3.21. The molecule has 2 bridgehead atoms. The van der Waals surface area contributed by atoms with Gasteiger partial charge in [-0.2, -0.15) is 0 Å². The lowest BCUT2D eigenvalue weighted by Crippen LogP contribution is -2.65. The second-order valence-electron chi connectivity index (χ2n) is 7.47. The Balaban J connectivity index is 1.41. The van der Waals surface area contributed by atoms with Crippen LogP contribution in [0.25, 0.3) is 10.1 Å². The normalized spacial score (nSPS) is 29.0. The molecule has 3 aliphatic heterocycles. The van der Waals surface area contributed by atoms with Crippen molar-refractivity contribution >= 4 is 33.0 Å². The van der Waals surface area contributed by atoms with Gasteiger partial charge >= 0.3 is 0 Å². The summed E-state index contributed by atoms with van der Waals surface area (Å²) in [4.78, 5) is 26.6. The van der Waals surface area contributed by atoms with Gasteiger partial charge in [-0.05, 0) is 62.2 Å². The summed E-state index contributed by atoms with van der Waals surface area (Å²) in [6.07, 6.45) is 4.72. The van der Waals surface area contributed by atoms with Crippen LogP contribution in [0.1, 0.15) is 35.4 Å². The third-order valence-corrected chi connectivity index (χ3v) is 7.30. The smallest absolute Gasteiger partial charge is 0.270 e. The molecule has 6 nitrogen and oxygen atoms in total. The molecule has 4 fully saturated rings. The van der Waals surface area contributed by atoms with Crippen molar-refractivity contribution < 1.29 is 9.72 Å². The van der Waals surface area contributed by atoms with Gasteiger partial charge in [-0.25, -0.2) is 0 Å². The predicted molar refractivity (Wildman–Crippen MR) is 96.0 cm³/mol. The molecule has 3 saturated heterocycles. The summed E-state index contributed by atoms with van der Waals surface area (Å²) in [6, 6.07) is 6.86. The molecule has 25 heavy (non-hydrogen) atoms. The van der Waals surface area contributed by atoms with Crippen LogP contribution in [0.4, 0.5) is 5.69 Å². The average Bonchev–Trinajstić information content (AvgIpc) is 3.27. The van der Waals surface area contributed by atoms with Crippen LogP contribution in [0.15, 0.2) is 24.3 Å². The lowest BCUT2D eigenvalue weighted by Gasteiger charge is -2.52. The van der Waals surface area contributed by atoms with Gasteiger partial charge in [-0.15, -0.1) is 11.3 Å².